The molecule has 2 saturated heterocycles. The average Bonchev–Trinajstić information content (AvgIpc) is 2.56. The van der Waals surface area contributed by atoms with Crippen molar-refractivity contribution in [3.8, 4) is 0 Å². The third kappa shape index (κ3) is 1.14. The van der Waals surface area contributed by atoms with Crippen molar-refractivity contribution in [1.82, 2.24) is 0 Å². The van der Waals surface area contributed by atoms with Crippen LogP contribution in [0.25, 0.3) is 0 Å². The van der Waals surface area contributed by atoms with Gasteiger partial charge in [-0.15, -0.1) is 0 Å². The Morgan fingerprint density at radius 3 is 2.62 bits per heavy atom. The summed E-state index contributed by atoms with van der Waals surface area (Å²) in [5, 5.41) is 18.7. The maximum atomic E-state index is 10.8. The Bertz CT molecular complexity index is 229. The molecule has 2 aliphatic heterocycles. The standard InChI is InChI=1S/C7H10O6/c1-11-7-3(9)5-4(13-7)2(8)6(10)12-5/h2-5,7-9H,1H3/t2-,3-,4-,5-,7-/m0/s1. The first-order chi connectivity index (χ1) is 6.15. The van der Waals surface area contributed by atoms with Crippen LogP contribution in [0.5, 0.6) is 0 Å². The first-order valence-electron chi connectivity index (χ1n) is 3.90. The van der Waals surface area contributed by atoms with Gasteiger partial charge in [-0.3, -0.25) is 0 Å². The van der Waals surface area contributed by atoms with Gasteiger partial charge in [0.05, 0.1) is 0 Å². The van der Waals surface area contributed by atoms with Gasteiger partial charge in [-0.25, -0.2) is 4.79 Å². The molecule has 2 heterocycles. The molecule has 0 bridgehead atoms. The molecule has 0 radical (unpaired) electrons. The molecule has 2 fully saturated rings. The van der Waals surface area contributed by atoms with Crippen molar-refractivity contribution in [3.63, 3.8) is 0 Å². The van der Waals surface area contributed by atoms with Gasteiger partial charge in [0.2, 0.25) is 0 Å². The normalized spacial score (nSPS) is 49.2. The number of carbonyl (C=O) groups is 1. The minimum Gasteiger partial charge on any atom is -0.454 e. The van der Waals surface area contributed by atoms with Gasteiger partial charge in [0.25, 0.3) is 0 Å². The summed E-state index contributed by atoms with van der Waals surface area (Å²) in [7, 11) is 1.36. The van der Waals surface area contributed by atoms with Crippen molar-refractivity contribution < 1.29 is 29.2 Å². The third-order valence-corrected chi connectivity index (χ3v) is 2.27. The summed E-state index contributed by atoms with van der Waals surface area (Å²) in [4.78, 5) is 10.8. The lowest BCUT2D eigenvalue weighted by Crippen LogP contribution is -2.32. The molecule has 0 unspecified atom stereocenters. The molecule has 0 aromatic carbocycles. The molecule has 74 valence electrons. The summed E-state index contributed by atoms with van der Waals surface area (Å²) in [5.74, 6) is -0.761. The number of ether oxygens (including phenoxy) is 3. The van der Waals surface area contributed by atoms with Crippen LogP contribution in [0.3, 0.4) is 0 Å². The molecule has 0 amide bonds. The first kappa shape index (κ1) is 8.89. The number of aliphatic hydroxyl groups excluding tert-OH is 2. The van der Waals surface area contributed by atoms with E-state index in [0.717, 1.165) is 0 Å². The van der Waals surface area contributed by atoms with Crippen molar-refractivity contribution in [2.45, 2.75) is 30.7 Å². The second-order valence-corrected chi connectivity index (χ2v) is 3.04. The Hall–Kier alpha value is -0.690. The number of methoxy groups -OCH3 is 1. The minimum atomic E-state index is -1.32. The lowest BCUT2D eigenvalue weighted by molar-refractivity contribution is -0.177. The van der Waals surface area contributed by atoms with Crippen LogP contribution in [-0.2, 0) is 19.0 Å². The Kier molecular flexibility index (Phi) is 1.99. The van der Waals surface area contributed by atoms with Crippen LogP contribution in [0.1, 0.15) is 0 Å². The van der Waals surface area contributed by atoms with E-state index < -0.39 is 36.7 Å². The van der Waals surface area contributed by atoms with E-state index in [-0.39, 0.29) is 0 Å². The van der Waals surface area contributed by atoms with Gasteiger partial charge >= 0.3 is 5.97 Å². The Morgan fingerprint density at radius 1 is 1.38 bits per heavy atom. The number of fused-ring (bicyclic) bond motifs is 1. The van der Waals surface area contributed by atoms with Gasteiger partial charge in [-0.1, -0.05) is 0 Å². The fraction of sp³-hybridized carbons (Fsp3) is 0.857. The highest BCUT2D eigenvalue weighted by Crippen LogP contribution is 2.31. The predicted octanol–water partition coefficient (Wildman–Crippen LogP) is -2.00. The van der Waals surface area contributed by atoms with Crippen LogP contribution in [0.2, 0.25) is 0 Å². The molecular formula is C7H10O6. The van der Waals surface area contributed by atoms with Gasteiger partial charge in [0.15, 0.2) is 18.5 Å². The molecule has 0 aromatic heterocycles. The molecule has 5 atom stereocenters. The number of rotatable bonds is 1. The fourth-order valence-corrected chi connectivity index (χ4v) is 1.59. The Balaban J connectivity index is 2.14. The highest BCUT2D eigenvalue weighted by molar-refractivity contribution is 5.78. The van der Waals surface area contributed by atoms with Gasteiger partial charge in [-0.05, 0) is 0 Å². The molecule has 0 aliphatic carbocycles. The van der Waals surface area contributed by atoms with E-state index in [1.165, 1.54) is 7.11 Å². The van der Waals surface area contributed by atoms with Crippen LogP contribution in [-0.4, -0.2) is 54.0 Å². The van der Waals surface area contributed by atoms with E-state index >= 15 is 0 Å². The number of hydrogen-bond donors (Lipinski definition) is 2. The van der Waals surface area contributed by atoms with E-state index in [2.05, 4.69) is 0 Å². The molecule has 2 aliphatic rings. The lowest BCUT2D eigenvalue weighted by atomic mass is 10.1. The molecule has 2 N–H and O–H groups in total. The van der Waals surface area contributed by atoms with Crippen LogP contribution >= 0.6 is 0 Å². The molecular weight excluding hydrogens is 180 g/mol. The zero-order valence-corrected chi connectivity index (χ0v) is 6.91. The molecule has 2 rings (SSSR count). The topological polar surface area (TPSA) is 85.2 Å². The Labute approximate surface area is 74.0 Å². The second kappa shape index (κ2) is 2.91. The highest BCUT2D eigenvalue weighted by atomic mass is 16.7. The summed E-state index contributed by atoms with van der Waals surface area (Å²) in [5.41, 5.74) is 0. The first-order valence-corrected chi connectivity index (χ1v) is 3.90. The third-order valence-electron chi connectivity index (χ3n) is 2.27. The quantitative estimate of drug-likeness (QED) is 0.465. The summed E-state index contributed by atoms with van der Waals surface area (Å²) in [6.45, 7) is 0. The van der Waals surface area contributed by atoms with Gasteiger partial charge in [0, 0.05) is 7.11 Å². The summed E-state index contributed by atoms with van der Waals surface area (Å²) in [6, 6.07) is 0. The van der Waals surface area contributed by atoms with Crippen LogP contribution in [0.15, 0.2) is 0 Å². The molecule has 6 nitrogen and oxygen atoms in total. The summed E-state index contributed by atoms with van der Waals surface area (Å²) < 4.78 is 14.5. The Morgan fingerprint density at radius 2 is 2.08 bits per heavy atom. The number of aliphatic hydroxyl groups is 2. The maximum absolute atomic E-state index is 10.8. The number of hydrogen-bond acceptors (Lipinski definition) is 6. The summed E-state index contributed by atoms with van der Waals surface area (Å²) >= 11 is 0. The molecule has 13 heavy (non-hydrogen) atoms. The minimum absolute atomic E-state index is 0.761. The molecule has 6 heteroatoms. The largest absolute Gasteiger partial charge is 0.454 e. The smallest absolute Gasteiger partial charge is 0.338 e. The molecule has 0 saturated carbocycles. The van der Waals surface area contributed by atoms with E-state index in [1.54, 1.807) is 0 Å². The van der Waals surface area contributed by atoms with E-state index in [9.17, 15) is 15.0 Å². The van der Waals surface area contributed by atoms with Crippen molar-refractivity contribution in [2.24, 2.45) is 0 Å². The second-order valence-electron chi connectivity index (χ2n) is 3.04. The summed E-state index contributed by atoms with van der Waals surface area (Å²) in [6.07, 6.45) is -4.81. The monoisotopic (exact) mass is 190 g/mol. The number of esters is 1. The van der Waals surface area contributed by atoms with Crippen LogP contribution in [0, 0.1) is 0 Å². The average molecular weight is 190 g/mol. The van der Waals surface area contributed by atoms with Crippen molar-refractivity contribution in [2.75, 3.05) is 7.11 Å². The van der Waals surface area contributed by atoms with Crippen LogP contribution in [0.4, 0.5) is 0 Å². The highest BCUT2D eigenvalue weighted by Gasteiger charge is 2.56. The van der Waals surface area contributed by atoms with Gasteiger partial charge in [0.1, 0.15) is 12.2 Å². The zero-order chi connectivity index (χ0) is 9.59. The SMILES string of the molecule is CO[C@H]1O[C@@H]2[C@@H](OC(=O)[C@H]2O)[C@@H]1O. The van der Waals surface area contributed by atoms with Crippen molar-refractivity contribution in [3.05, 3.63) is 0 Å². The fourth-order valence-electron chi connectivity index (χ4n) is 1.59. The zero-order valence-electron chi connectivity index (χ0n) is 6.91. The number of carbonyl (C=O) groups excluding carboxylic acids is 1. The van der Waals surface area contributed by atoms with Gasteiger partial charge in [-0.2, -0.15) is 0 Å². The predicted molar refractivity (Wildman–Crippen MR) is 37.6 cm³/mol. The van der Waals surface area contributed by atoms with Crippen molar-refractivity contribution in [1.29, 1.82) is 0 Å². The van der Waals surface area contributed by atoms with Crippen molar-refractivity contribution >= 4 is 5.97 Å². The van der Waals surface area contributed by atoms with E-state index in [1.807, 2.05) is 0 Å². The van der Waals surface area contributed by atoms with Crippen LogP contribution < -0.4 is 0 Å². The molecule has 0 spiro atoms. The lowest BCUT2D eigenvalue weighted by Gasteiger charge is -2.14. The van der Waals surface area contributed by atoms with Gasteiger partial charge < -0.3 is 24.4 Å². The molecule has 0 aromatic rings. The van der Waals surface area contributed by atoms with E-state index in [4.69, 9.17) is 14.2 Å². The van der Waals surface area contributed by atoms with E-state index in [0.29, 0.717) is 0 Å². The maximum Gasteiger partial charge on any atom is 0.338 e.